The van der Waals surface area contributed by atoms with E-state index in [0.29, 0.717) is 41.3 Å². The van der Waals surface area contributed by atoms with Crippen molar-refractivity contribution in [3.05, 3.63) is 59.4 Å². The van der Waals surface area contributed by atoms with Crippen molar-refractivity contribution in [3.63, 3.8) is 0 Å². The van der Waals surface area contributed by atoms with E-state index in [2.05, 4.69) is 15.5 Å². The minimum absolute atomic E-state index is 0.177. The Morgan fingerprint density at radius 2 is 1.90 bits per heavy atom. The van der Waals surface area contributed by atoms with Gasteiger partial charge < -0.3 is 10.1 Å². The molecule has 0 aliphatic heterocycles. The number of carbonyl (C=O) groups is 1. The van der Waals surface area contributed by atoms with Gasteiger partial charge in [0.1, 0.15) is 5.82 Å². The second-order valence-electron chi connectivity index (χ2n) is 6.47. The number of hydrogen-bond acceptors (Lipinski definition) is 5. The van der Waals surface area contributed by atoms with Crippen LogP contribution in [0.2, 0.25) is 5.02 Å². The molecule has 0 saturated carbocycles. The number of methoxy groups -OCH3 is 1. The molecule has 1 atom stereocenters. The molecule has 0 unspecified atom stereocenters. The number of carbonyl (C=O) groups excluding carboxylic acids is 1. The zero-order chi connectivity index (χ0) is 21.5. The van der Waals surface area contributed by atoms with Gasteiger partial charge in [-0.3, -0.25) is 9.36 Å². The van der Waals surface area contributed by atoms with Crippen LogP contribution in [0.4, 0.5) is 10.1 Å². The summed E-state index contributed by atoms with van der Waals surface area (Å²) in [6.45, 7) is 2.95. The Morgan fingerprint density at radius 3 is 2.53 bits per heavy atom. The molecule has 2 aromatic carbocycles. The topological polar surface area (TPSA) is 69.0 Å². The van der Waals surface area contributed by atoms with Gasteiger partial charge in [-0.05, 0) is 55.0 Å². The van der Waals surface area contributed by atoms with Gasteiger partial charge in [-0.25, -0.2) is 4.39 Å². The minimum atomic E-state index is -0.390. The molecule has 0 bridgehead atoms. The van der Waals surface area contributed by atoms with Gasteiger partial charge in [0, 0.05) is 23.4 Å². The maximum Gasteiger partial charge on any atom is 0.237 e. The lowest BCUT2D eigenvalue weighted by Gasteiger charge is -2.16. The van der Waals surface area contributed by atoms with E-state index in [1.54, 1.807) is 19.2 Å². The normalized spacial score (nSPS) is 12.0. The van der Waals surface area contributed by atoms with E-state index >= 15 is 0 Å². The zero-order valence-electron chi connectivity index (χ0n) is 16.6. The summed E-state index contributed by atoms with van der Waals surface area (Å²) in [5.74, 6) is 0.152. The summed E-state index contributed by atoms with van der Waals surface area (Å²) in [6.07, 6.45) is 0.588. The first-order valence-corrected chi connectivity index (χ1v) is 10.7. The quantitative estimate of drug-likeness (QED) is 0.472. The van der Waals surface area contributed by atoms with Gasteiger partial charge in [-0.1, -0.05) is 30.3 Å². The number of anilines is 1. The van der Waals surface area contributed by atoms with E-state index in [-0.39, 0.29) is 11.7 Å². The molecule has 9 heteroatoms. The average Bonchev–Trinajstić information content (AvgIpc) is 3.14. The maximum atomic E-state index is 13.1. The van der Waals surface area contributed by atoms with Gasteiger partial charge >= 0.3 is 0 Å². The lowest BCUT2D eigenvalue weighted by Crippen LogP contribution is -2.25. The number of nitrogens with zero attached hydrogens (tertiary/aromatic N) is 3. The number of amides is 1. The summed E-state index contributed by atoms with van der Waals surface area (Å²) in [7, 11) is 1.63. The molecule has 0 aliphatic carbocycles. The first-order chi connectivity index (χ1) is 14.5. The van der Waals surface area contributed by atoms with Crippen molar-refractivity contribution >= 4 is 35.0 Å². The molecule has 3 rings (SSSR count). The highest BCUT2D eigenvalue weighted by Gasteiger charge is 2.23. The first-order valence-electron chi connectivity index (χ1n) is 9.43. The van der Waals surface area contributed by atoms with Gasteiger partial charge in [0.15, 0.2) is 11.0 Å². The summed E-state index contributed by atoms with van der Waals surface area (Å²) in [6, 6.07) is 13.0. The molecule has 1 amide bonds. The van der Waals surface area contributed by atoms with Crippen LogP contribution in [0.25, 0.3) is 11.4 Å². The number of thioether (sulfide) groups is 1. The Kier molecular flexibility index (Phi) is 7.84. The van der Waals surface area contributed by atoms with Crippen molar-refractivity contribution in [3.8, 4) is 11.4 Å². The Morgan fingerprint density at radius 1 is 1.20 bits per heavy atom. The highest BCUT2D eigenvalue weighted by atomic mass is 35.5. The van der Waals surface area contributed by atoms with Crippen LogP contribution in [-0.2, 0) is 16.1 Å². The van der Waals surface area contributed by atoms with Crippen LogP contribution in [0.3, 0.4) is 0 Å². The lowest BCUT2D eigenvalue weighted by atomic mass is 10.2. The number of hydrogen-bond donors (Lipinski definition) is 1. The Bertz CT molecular complexity index is 980. The third-order valence-corrected chi connectivity index (χ3v) is 5.96. The zero-order valence-corrected chi connectivity index (χ0v) is 18.2. The van der Waals surface area contributed by atoms with Crippen LogP contribution in [0.1, 0.15) is 13.3 Å². The second-order valence-corrected chi connectivity index (χ2v) is 8.07. The summed E-state index contributed by atoms with van der Waals surface area (Å²) in [5.41, 5.74) is 1.42. The Labute approximate surface area is 183 Å². The standard InChI is InChI=1S/C21H22ClFN4O2S/c1-3-18(20(28)24-17-10-8-16(23)9-11-17)30-21-26-25-19(27(21)12-13-29-2)14-4-6-15(22)7-5-14/h4-11,18H,3,12-13H2,1-2H3,(H,24,28)/t18-/m0/s1. The van der Waals surface area contributed by atoms with E-state index in [1.165, 1.54) is 36.0 Å². The lowest BCUT2D eigenvalue weighted by molar-refractivity contribution is -0.115. The van der Waals surface area contributed by atoms with Crippen molar-refractivity contribution in [1.82, 2.24) is 14.8 Å². The molecule has 30 heavy (non-hydrogen) atoms. The fourth-order valence-corrected chi connectivity index (χ4v) is 3.88. The van der Waals surface area contributed by atoms with E-state index < -0.39 is 5.25 Å². The molecule has 1 aromatic heterocycles. The van der Waals surface area contributed by atoms with Crippen molar-refractivity contribution in [2.24, 2.45) is 0 Å². The minimum Gasteiger partial charge on any atom is -0.383 e. The van der Waals surface area contributed by atoms with Crippen molar-refractivity contribution in [2.75, 3.05) is 19.0 Å². The number of ether oxygens (including phenoxy) is 1. The first kappa shape index (κ1) is 22.3. The molecule has 1 N–H and O–H groups in total. The van der Waals surface area contributed by atoms with Crippen LogP contribution in [0.5, 0.6) is 0 Å². The molecule has 0 radical (unpaired) electrons. The van der Waals surface area contributed by atoms with Crippen LogP contribution in [0.15, 0.2) is 53.7 Å². The average molecular weight is 449 g/mol. The Balaban J connectivity index is 1.81. The second kappa shape index (κ2) is 10.6. The summed E-state index contributed by atoms with van der Waals surface area (Å²) >= 11 is 7.33. The summed E-state index contributed by atoms with van der Waals surface area (Å²) in [5, 5.41) is 12.3. The molecule has 1 heterocycles. The largest absolute Gasteiger partial charge is 0.383 e. The van der Waals surface area contributed by atoms with Gasteiger partial charge in [0.2, 0.25) is 5.91 Å². The smallest absolute Gasteiger partial charge is 0.237 e. The third-order valence-electron chi connectivity index (χ3n) is 4.36. The molecule has 0 fully saturated rings. The molecular weight excluding hydrogens is 427 g/mol. The number of aromatic nitrogens is 3. The SMILES string of the molecule is CC[C@H](Sc1nnc(-c2ccc(Cl)cc2)n1CCOC)C(=O)Nc1ccc(F)cc1. The third kappa shape index (κ3) is 5.59. The van der Waals surface area contributed by atoms with Crippen LogP contribution >= 0.6 is 23.4 Å². The molecule has 6 nitrogen and oxygen atoms in total. The van der Waals surface area contributed by atoms with E-state index in [9.17, 15) is 9.18 Å². The van der Waals surface area contributed by atoms with Crippen LogP contribution in [0, 0.1) is 5.82 Å². The van der Waals surface area contributed by atoms with Crippen molar-refractivity contribution < 1.29 is 13.9 Å². The van der Waals surface area contributed by atoms with Crippen LogP contribution < -0.4 is 5.32 Å². The van der Waals surface area contributed by atoms with Crippen molar-refractivity contribution in [1.29, 1.82) is 0 Å². The molecule has 0 aliphatic rings. The number of benzene rings is 2. The molecule has 0 spiro atoms. The fourth-order valence-electron chi connectivity index (χ4n) is 2.78. The molecular formula is C21H22ClFN4O2S. The fraction of sp³-hybridized carbons (Fsp3) is 0.286. The van der Waals surface area contributed by atoms with E-state index in [4.69, 9.17) is 16.3 Å². The van der Waals surface area contributed by atoms with Gasteiger partial charge in [-0.2, -0.15) is 0 Å². The maximum absolute atomic E-state index is 13.1. The predicted molar refractivity (Wildman–Crippen MR) is 117 cm³/mol. The number of halogens is 2. The molecule has 3 aromatic rings. The number of rotatable bonds is 9. The van der Waals surface area contributed by atoms with Gasteiger partial charge in [0.05, 0.1) is 18.4 Å². The monoisotopic (exact) mass is 448 g/mol. The van der Waals surface area contributed by atoms with Crippen LogP contribution in [-0.4, -0.2) is 39.6 Å². The van der Waals surface area contributed by atoms with E-state index in [1.807, 2.05) is 23.6 Å². The highest BCUT2D eigenvalue weighted by Crippen LogP contribution is 2.29. The van der Waals surface area contributed by atoms with Gasteiger partial charge in [-0.15, -0.1) is 10.2 Å². The number of nitrogens with one attached hydrogen (secondary N) is 1. The summed E-state index contributed by atoms with van der Waals surface area (Å²) in [4.78, 5) is 12.8. The van der Waals surface area contributed by atoms with Gasteiger partial charge in [0.25, 0.3) is 0 Å². The molecule has 0 saturated heterocycles. The predicted octanol–water partition coefficient (Wildman–Crippen LogP) is 4.89. The van der Waals surface area contributed by atoms with Crippen molar-refractivity contribution in [2.45, 2.75) is 30.3 Å². The summed E-state index contributed by atoms with van der Waals surface area (Å²) < 4.78 is 20.3. The Hall–Kier alpha value is -2.42. The molecule has 158 valence electrons. The highest BCUT2D eigenvalue weighted by molar-refractivity contribution is 8.00. The van der Waals surface area contributed by atoms with E-state index in [0.717, 1.165) is 5.56 Å².